The molecule has 3 rings (SSSR count). The minimum Gasteiger partial charge on any atom is -0.389 e. The summed E-state index contributed by atoms with van der Waals surface area (Å²) in [5, 5.41) is 13.4. The summed E-state index contributed by atoms with van der Waals surface area (Å²) >= 11 is 0. The summed E-state index contributed by atoms with van der Waals surface area (Å²) < 4.78 is 1.27. The van der Waals surface area contributed by atoms with E-state index in [-0.39, 0.29) is 31.5 Å². The second-order valence-electron chi connectivity index (χ2n) is 6.07. The van der Waals surface area contributed by atoms with Crippen molar-refractivity contribution in [3.63, 3.8) is 0 Å². The molecule has 1 aliphatic heterocycles. The van der Waals surface area contributed by atoms with Crippen LogP contribution in [-0.4, -0.2) is 60.7 Å². The van der Waals surface area contributed by atoms with Crippen LogP contribution in [0.4, 0.5) is 5.95 Å². The molecule has 0 radical (unpaired) electrons. The van der Waals surface area contributed by atoms with Crippen LogP contribution in [0.1, 0.15) is 12.8 Å². The number of amides is 1. The number of aromatic nitrogens is 4. The standard InChI is InChI=1S/C16H20N6O4/c23-12-10-22(7-2-11(12)19-15-17-5-1-6-18-15)14(25)4-9-21-8-3-13(24)20-16(21)26/h1,3,5-6,8,11-12,23H,2,4,7,9-10H2,(H,17,18,19)(H,20,24,26)/t11-,12-/m1/s1. The van der Waals surface area contributed by atoms with Crippen LogP contribution in [0.25, 0.3) is 0 Å². The van der Waals surface area contributed by atoms with Gasteiger partial charge in [0.25, 0.3) is 5.56 Å². The van der Waals surface area contributed by atoms with Gasteiger partial charge < -0.3 is 19.9 Å². The molecule has 2 aromatic rings. The van der Waals surface area contributed by atoms with Gasteiger partial charge >= 0.3 is 5.69 Å². The number of aliphatic hydroxyl groups is 1. The van der Waals surface area contributed by atoms with Gasteiger partial charge in [-0.3, -0.25) is 14.6 Å². The Morgan fingerprint density at radius 3 is 2.81 bits per heavy atom. The van der Waals surface area contributed by atoms with E-state index >= 15 is 0 Å². The molecule has 26 heavy (non-hydrogen) atoms. The van der Waals surface area contributed by atoms with Crippen LogP contribution in [0.15, 0.2) is 40.3 Å². The van der Waals surface area contributed by atoms with Gasteiger partial charge in [0.1, 0.15) is 0 Å². The molecule has 0 spiro atoms. The fourth-order valence-corrected chi connectivity index (χ4v) is 2.86. The number of carbonyl (C=O) groups is 1. The Bertz CT molecular complexity index is 865. The molecular weight excluding hydrogens is 340 g/mol. The van der Waals surface area contributed by atoms with Gasteiger partial charge in [-0.05, 0) is 12.5 Å². The first-order chi connectivity index (χ1) is 12.5. The first-order valence-electron chi connectivity index (χ1n) is 8.32. The van der Waals surface area contributed by atoms with Crippen molar-refractivity contribution in [1.29, 1.82) is 0 Å². The van der Waals surface area contributed by atoms with Crippen LogP contribution in [-0.2, 0) is 11.3 Å². The van der Waals surface area contributed by atoms with Gasteiger partial charge in [0.2, 0.25) is 11.9 Å². The second-order valence-corrected chi connectivity index (χ2v) is 6.07. The zero-order chi connectivity index (χ0) is 18.5. The van der Waals surface area contributed by atoms with Crippen molar-refractivity contribution in [2.24, 2.45) is 0 Å². The molecule has 0 aliphatic carbocycles. The highest BCUT2D eigenvalue weighted by Crippen LogP contribution is 2.15. The second kappa shape index (κ2) is 7.91. The van der Waals surface area contributed by atoms with Gasteiger partial charge in [-0.25, -0.2) is 14.8 Å². The highest BCUT2D eigenvalue weighted by atomic mass is 16.3. The van der Waals surface area contributed by atoms with Crippen LogP contribution in [0.5, 0.6) is 0 Å². The first-order valence-corrected chi connectivity index (χ1v) is 8.32. The summed E-state index contributed by atoms with van der Waals surface area (Å²) in [6.07, 6.45) is 4.51. The minimum atomic E-state index is -0.743. The molecule has 0 saturated carbocycles. The van der Waals surface area contributed by atoms with Crippen molar-refractivity contribution in [3.8, 4) is 0 Å². The van der Waals surface area contributed by atoms with E-state index in [0.717, 1.165) is 0 Å². The molecular formula is C16H20N6O4. The van der Waals surface area contributed by atoms with Gasteiger partial charge in [0.05, 0.1) is 12.1 Å². The minimum absolute atomic E-state index is 0.110. The lowest BCUT2D eigenvalue weighted by Gasteiger charge is -2.36. The van der Waals surface area contributed by atoms with Gasteiger partial charge in [-0.2, -0.15) is 0 Å². The van der Waals surface area contributed by atoms with E-state index in [1.165, 1.54) is 16.8 Å². The number of β-amino-alcohol motifs (C(OH)–C–C–N with tert-alkyl or cyclic N) is 1. The average Bonchev–Trinajstić information content (AvgIpc) is 2.63. The van der Waals surface area contributed by atoms with Crippen molar-refractivity contribution < 1.29 is 9.90 Å². The normalized spacial score (nSPS) is 20.0. The van der Waals surface area contributed by atoms with Crippen molar-refractivity contribution in [2.75, 3.05) is 18.4 Å². The van der Waals surface area contributed by atoms with E-state index in [1.807, 2.05) is 0 Å². The number of hydrogen-bond donors (Lipinski definition) is 3. The molecule has 1 aliphatic rings. The molecule has 10 heteroatoms. The third kappa shape index (κ3) is 4.33. The number of nitrogens with one attached hydrogen (secondary N) is 2. The van der Waals surface area contributed by atoms with E-state index in [9.17, 15) is 19.5 Å². The SMILES string of the molecule is O=C(CCn1ccc(=O)[nH]c1=O)N1CC[C@@H](Nc2ncccn2)[C@H](O)C1. The molecule has 3 heterocycles. The molecule has 1 saturated heterocycles. The number of aliphatic hydroxyl groups excluding tert-OH is 1. The predicted octanol–water partition coefficient (Wildman–Crippen LogP) is -1.21. The molecule has 3 N–H and O–H groups in total. The molecule has 2 atom stereocenters. The fourth-order valence-electron chi connectivity index (χ4n) is 2.86. The van der Waals surface area contributed by atoms with E-state index in [4.69, 9.17) is 0 Å². The van der Waals surface area contributed by atoms with E-state index in [0.29, 0.717) is 18.9 Å². The fraction of sp³-hybridized carbons (Fsp3) is 0.438. The number of rotatable bonds is 5. The predicted molar refractivity (Wildman–Crippen MR) is 92.6 cm³/mol. The number of hydrogen-bond acceptors (Lipinski definition) is 7. The van der Waals surface area contributed by atoms with Crippen molar-refractivity contribution in [3.05, 3.63) is 51.6 Å². The number of anilines is 1. The summed E-state index contributed by atoms with van der Waals surface area (Å²) in [5.41, 5.74) is -1.02. The monoisotopic (exact) mass is 360 g/mol. The Hall–Kier alpha value is -3.01. The summed E-state index contributed by atoms with van der Waals surface area (Å²) in [6, 6.07) is 2.71. The van der Waals surface area contributed by atoms with E-state index in [1.54, 1.807) is 23.4 Å². The van der Waals surface area contributed by atoms with Gasteiger partial charge in [-0.15, -0.1) is 0 Å². The number of piperidine rings is 1. The van der Waals surface area contributed by atoms with Crippen molar-refractivity contribution >= 4 is 11.9 Å². The Kier molecular flexibility index (Phi) is 5.42. The molecule has 0 aromatic carbocycles. The Morgan fingerprint density at radius 2 is 2.12 bits per heavy atom. The number of likely N-dealkylation sites (tertiary alicyclic amines) is 1. The lowest BCUT2D eigenvalue weighted by molar-refractivity contribution is -0.134. The average molecular weight is 360 g/mol. The third-order valence-corrected chi connectivity index (χ3v) is 4.28. The maximum atomic E-state index is 12.3. The van der Waals surface area contributed by atoms with Crippen LogP contribution >= 0.6 is 0 Å². The number of aromatic amines is 1. The highest BCUT2D eigenvalue weighted by Gasteiger charge is 2.30. The Balaban J connectivity index is 1.52. The molecule has 138 valence electrons. The first kappa shape index (κ1) is 17.8. The molecule has 2 aromatic heterocycles. The largest absolute Gasteiger partial charge is 0.389 e. The van der Waals surface area contributed by atoms with Crippen LogP contribution < -0.4 is 16.6 Å². The zero-order valence-electron chi connectivity index (χ0n) is 14.0. The zero-order valence-corrected chi connectivity index (χ0v) is 14.0. The van der Waals surface area contributed by atoms with Crippen molar-refractivity contribution in [1.82, 2.24) is 24.4 Å². The molecule has 0 bridgehead atoms. The third-order valence-electron chi connectivity index (χ3n) is 4.28. The van der Waals surface area contributed by atoms with Crippen LogP contribution in [0.3, 0.4) is 0 Å². The maximum Gasteiger partial charge on any atom is 0.328 e. The Labute approximate surface area is 148 Å². The summed E-state index contributed by atoms with van der Waals surface area (Å²) in [7, 11) is 0. The Morgan fingerprint density at radius 1 is 1.35 bits per heavy atom. The topological polar surface area (TPSA) is 133 Å². The van der Waals surface area contributed by atoms with E-state index < -0.39 is 17.4 Å². The molecule has 0 unspecified atom stereocenters. The molecule has 10 nitrogen and oxygen atoms in total. The van der Waals surface area contributed by atoms with Gasteiger partial charge in [0, 0.05) is 50.7 Å². The summed E-state index contributed by atoms with van der Waals surface area (Å²) in [5.74, 6) is 0.283. The quantitative estimate of drug-likeness (QED) is 0.609. The van der Waals surface area contributed by atoms with Gasteiger partial charge in [0.15, 0.2) is 0 Å². The van der Waals surface area contributed by atoms with Crippen LogP contribution in [0, 0.1) is 0 Å². The number of aryl methyl sites for hydroxylation is 1. The molecule has 1 fully saturated rings. The van der Waals surface area contributed by atoms with Gasteiger partial charge in [-0.1, -0.05) is 0 Å². The summed E-state index contributed by atoms with van der Waals surface area (Å²) in [4.78, 5) is 46.9. The van der Waals surface area contributed by atoms with Crippen molar-refractivity contribution in [2.45, 2.75) is 31.5 Å². The number of nitrogens with zero attached hydrogens (tertiary/aromatic N) is 4. The van der Waals surface area contributed by atoms with Crippen LogP contribution in [0.2, 0.25) is 0 Å². The number of carbonyl (C=O) groups excluding carboxylic acids is 1. The lowest BCUT2D eigenvalue weighted by atomic mass is 10.0. The smallest absolute Gasteiger partial charge is 0.328 e. The summed E-state index contributed by atoms with van der Waals surface area (Å²) in [6.45, 7) is 0.853. The maximum absolute atomic E-state index is 12.3. The highest BCUT2D eigenvalue weighted by molar-refractivity contribution is 5.76. The molecule has 1 amide bonds. The van der Waals surface area contributed by atoms with E-state index in [2.05, 4.69) is 20.3 Å². The number of H-pyrrole nitrogens is 1. The lowest BCUT2D eigenvalue weighted by Crippen LogP contribution is -2.52.